The van der Waals surface area contributed by atoms with Crippen LogP contribution in [0.3, 0.4) is 0 Å². The summed E-state index contributed by atoms with van der Waals surface area (Å²) in [4.78, 5) is 11.9. The number of benzene rings is 3. The van der Waals surface area contributed by atoms with Crippen molar-refractivity contribution in [2.45, 2.75) is 18.9 Å². The largest absolute Gasteiger partial charge is 0.486 e. The number of carbonyl (C=O) groups excluding carboxylic acids is 1. The Bertz CT molecular complexity index is 1140. The van der Waals surface area contributed by atoms with Crippen LogP contribution in [0.5, 0.6) is 5.75 Å². The molecule has 144 valence electrons. The molecule has 0 aromatic heterocycles. The number of ether oxygens (including phenoxy) is 1. The predicted molar refractivity (Wildman–Crippen MR) is 114 cm³/mol. The third-order valence-corrected chi connectivity index (χ3v) is 6.51. The first-order valence-corrected chi connectivity index (χ1v) is 10.7. The Balaban J connectivity index is 1.38. The Morgan fingerprint density at radius 1 is 0.897 bits per heavy atom. The first kappa shape index (κ1) is 17.9. The Morgan fingerprint density at radius 2 is 1.69 bits per heavy atom. The van der Waals surface area contributed by atoms with Gasteiger partial charge in [0, 0.05) is 6.08 Å². The van der Waals surface area contributed by atoms with Gasteiger partial charge in [0.1, 0.15) is 11.9 Å². The molecule has 5 rings (SSSR count). The fourth-order valence-electron chi connectivity index (χ4n) is 4.03. The number of nitrogens with one attached hydrogen (secondary N) is 1. The molecule has 4 nitrogen and oxygen atoms in total. The van der Waals surface area contributed by atoms with Crippen molar-refractivity contribution in [1.29, 1.82) is 0 Å². The monoisotopic (exact) mass is 401 g/mol. The zero-order valence-electron chi connectivity index (χ0n) is 15.6. The first-order chi connectivity index (χ1) is 14.2. The van der Waals surface area contributed by atoms with E-state index in [-0.39, 0.29) is 12.0 Å². The van der Waals surface area contributed by atoms with Crippen molar-refractivity contribution in [2.75, 3.05) is 0 Å². The molecule has 5 heteroatoms. The van der Waals surface area contributed by atoms with E-state index in [0.29, 0.717) is 4.91 Å². The van der Waals surface area contributed by atoms with Gasteiger partial charge in [0.15, 0.2) is 11.0 Å². The molecule has 0 bridgehead atoms. The summed E-state index contributed by atoms with van der Waals surface area (Å²) in [5.41, 5.74) is 5.86. The standard InChI is InChI=1S/C24H19NO3S/c26-24-15-23(29(27)25-24)17-9-11-18(12-10-17)28-22-14-13-20-19(7-4-8-21(20)22)16-5-2-1-3-6-16/h1-12,15,22H,13-14H2,(H,25,26)/t22-,29?/m1/s1. The van der Waals surface area contributed by atoms with Crippen LogP contribution < -0.4 is 9.46 Å². The molecule has 29 heavy (non-hydrogen) atoms. The van der Waals surface area contributed by atoms with Crippen molar-refractivity contribution >= 4 is 21.8 Å². The predicted octanol–water partition coefficient (Wildman–Crippen LogP) is 4.55. The highest BCUT2D eigenvalue weighted by molar-refractivity contribution is 7.93. The maximum atomic E-state index is 11.9. The summed E-state index contributed by atoms with van der Waals surface area (Å²) in [7, 11) is -1.48. The van der Waals surface area contributed by atoms with E-state index in [4.69, 9.17) is 4.74 Å². The summed E-state index contributed by atoms with van der Waals surface area (Å²) in [6.07, 6.45) is 3.32. The fraction of sp³-hybridized carbons (Fsp3) is 0.125. The molecule has 1 heterocycles. The number of rotatable bonds is 4. The minimum Gasteiger partial charge on any atom is -0.486 e. The van der Waals surface area contributed by atoms with Crippen LogP contribution in [-0.2, 0) is 22.2 Å². The van der Waals surface area contributed by atoms with Crippen molar-refractivity contribution in [3.63, 3.8) is 0 Å². The van der Waals surface area contributed by atoms with Gasteiger partial charge in [-0.2, -0.15) is 0 Å². The normalized spacial score (nSPS) is 20.1. The minimum absolute atomic E-state index is 0.0163. The molecule has 0 saturated heterocycles. The molecule has 3 aromatic rings. The van der Waals surface area contributed by atoms with Crippen LogP contribution in [0.4, 0.5) is 0 Å². The van der Waals surface area contributed by atoms with E-state index in [0.717, 1.165) is 24.2 Å². The second-order valence-electron chi connectivity index (χ2n) is 7.15. The Hall–Kier alpha value is -3.18. The van der Waals surface area contributed by atoms with Gasteiger partial charge in [-0.1, -0.05) is 60.7 Å². The van der Waals surface area contributed by atoms with Gasteiger partial charge in [-0.15, -0.1) is 0 Å². The average molecular weight is 401 g/mol. The lowest BCUT2D eigenvalue weighted by molar-refractivity contribution is -0.114. The van der Waals surface area contributed by atoms with Crippen LogP contribution in [0.15, 0.2) is 78.9 Å². The highest BCUT2D eigenvalue weighted by Crippen LogP contribution is 2.40. The molecular formula is C24H19NO3S. The van der Waals surface area contributed by atoms with Crippen molar-refractivity contribution < 1.29 is 13.7 Å². The number of hydrogen-bond donors (Lipinski definition) is 1. The van der Waals surface area contributed by atoms with Gasteiger partial charge in [-0.25, -0.2) is 4.21 Å². The zero-order chi connectivity index (χ0) is 19.8. The molecule has 1 aliphatic carbocycles. The molecule has 1 unspecified atom stereocenters. The van der Waals surface area contributed by atoms with Gasteiger partial charge in [0.2, 0.25) is 0 Å². The highest BCUT2D eigenvalue weighted by Gasteiger charge is 2.27. The summed E-state index contributed by atoms with van der Waals surface area (Å²) < 4.78 is 20.6. The van der Waals surface area contributed by atoms with E-state index < -0.39 is 11.0 Å². The molecule has 1 aliphatic heterocycles. The van der Waals surface area contributed by atoms with E-state index in [2.05, 4.69) is 47.2 Å². The second-order valence-corrected chi connectivity index (χ2v) is 8.33. The van der Waals surface area contributed by atoms with Gasteiger partial charge in [0.25, 0.3) is 5.91 Å². The molecule has 0 fully saturated rings. The van der Waals surface area contributed by atoms with Crippen LogP contribution >= 0.6 is 0 Å². The maximum absolute atomic E-state index is 11.9. The molecule has 1 amide bonds. The van der Waals surface area contributed by atoms with E-state index in [1.807, 2.05) is 30.3 Å². The molecule has 0 spiro atoms. The number of hydrogen-bond acceptors (Lipinski definition) is 3. The smallest absolute Gasteiger partial charge is 0.257 e. The Labute approximate surface area is 171 Å². The summed E-state index contributed by atoms with van der Waals surface area (Å²) in [5.74, 6) is 0.441. The Kier molecular flexibility index (Phi) is 4.52. The van der Waals surface area contributed by atoms with Crippen LogP contribution in [0.1, 0.15) is 29.2 Å². The third-order valence-electron chi connectivity index (χ3n) is 5.37. The second kappa shape index (κ2) is 7.33. The topological polar surface area (TPSA) is 55.4 Å². The zero-order valence-corrected chi connectivity index (χ0v) is 16.4. The van der Waals surface area contributed by atoms with E-state index in [9.17, 15) is 9.00 Å². The van der Waals surface area contributed by atoms with Crippen molar-refractivity contribution in [3.05, 3.63) is 95.6 Å². The lowest BCUT2D eigenvalue weighted by Gasteiger charge is -2.16. The molecule has 1 N–H and O–H groups in total. The lowest BCUT2D eigenvalue weighted by atomic mass is 9.97. The summed E-state index contributed by atoms with van der Waals surface area (Å²) >= 11 is 0. The molecule has 2 atom stereocenters. The number of fused-ring (bicyclic) bond motifs is 1. The van der Waals surface area contributed by atoms with Crippen LogP contribution in [0.2, 0.25) is 0 Å². The Morgan fingerprint density at radius 3 is 2.41 bits per heavy atom. The van der Waals surface area contributed by atoms with Gasteiger partial charge >= 0.3 is 0 Å². The lowest BCUT2D eigenvalue weighted by Crippen LogP contribution is -2.16. The fourth-order valence-corrected chi connectivity index (χ4v) is 4.94. The van der Waals surface area contributed by atoms with Gasteiger partial charge in [-0.05, 0) is 52.8 Å². The van der Waals surface area contributed by atoms with E-state index in [1.54, 1.807) is 0 Å². The summed E-state index contributed by atoms with van der Waals surface area (Å²) in [6, 6.07) is 24.3. The summed E-state index contributed by atoms with van der Waals surface area (Å²) in [5, 5.41) is 0. The molecular weight excluding hydrogens is 382 g/mol. The SMILES string of the molecule is O=C1C=C(c2ccc(O[C@@H]3CCc4c(-c5ccccc5)cccc43)cc2)S(=O)N1. The molecule has 0 saturated carbocycles. The summed E-state index contributed by atoms with van der Waals surface area (Å²) in [6.45, 7) is 0. The first-order valence-electron chi connectivity index (χ1n) is 9.57. The highest BCUT2D eigenvalue weighted by atomic mass is 32.2. The van der Waals surface area contributed by atoms with Crippen LogP contribution in [0.25, 0.3) is 16.0 Å². The van der Waals surface area contributed by atoms with Crippen LogP contribution in [0, 0.1) is 0 Å². The van der Waals surface area contributed by atoms with Crippen molar-refractivity contribution in [1.82, 2.24) is 4.72 Å². The van der Waals surface area contributed by atoms with E-state index in [1.165, 1.54) is 28.3 Å². The molecule has 2 aliphatic rings. The van der Waals surface area contributed by atoms with Crippen molar-refractivity contribution in [3.8, 4) is 16.9 Å². The van der Waals surface area contributed by atoms with Crippen LogP contribution in [-0.4, -0.2) is 10.1 Å². The molecule has 3 aromatic carbocycles. The minimum atomic E-state index is -1.48. The average Bonchev–Trinajstić information content (AvgIpc) is 3.31. The third kappa shape index (κ3) is 3.38. The number of carbonyl (C=O) groups is 1. The van der Waals surface area contributed by atoms with E-state index >= 15 is 0 Å². The quantitative estimate of drug-likeness (QED) is 0.698. The number of amides is 1. The molecule has 0 radical (unpaired) electrons. The maximum Gasteiger partial charge on any atom is 0.257 e. The van der Waals surface area contributed by atoms with Gasteiger partial charge in [-0.3, -0.25) is 9.52 Å². The van der Waals surface area contributed by atoms with Gasteiger partial charge < -0.3 is 4.74 Å². The van der Waals surface area contributed by atoms with Gasteiger partial charge in [0.05, 0.1) is 4.91 Å². The van der Waals surface area contributed by atoms with Crippen molar-refractivity contribution in [2.24, 2.45) is 0 Å².